The fourth-order valence-electron chi connectivity index (χ4n) is 2.34. The minimum Gasteiger partial charge on any atom is -0.462 e. The molecule has 0 aromatic rings. The first-order valence-electron chi connectivity index (χ1n) is 12.4. The van der Waals surface area contributed by atoms with E-state index in [0.29, 0.717) is 13.1 Å². The normalized spacial score (nSPS) is 12.3. The van der Waals surface area contributed by atoms with Gasteiger partial charge >= 0.3 is 11.9 Å². The molecule has 10 heteroatoms. The first kappa shape index (κ1) is 36.4. The van der Waals surface area contributed by atoms with Crippen LogP contribution in [-0.4, -0.2) is 80.4 Å². The molecule has 0 saturated carbocycles. The van der Waals surface area contributed by atoms with E-state index in [1.165, 1.54) is 0 Å². The molecule has 0 heterocycles. The van der Waals surface area contributed by atoms with Crippen molar-refractivity contribution >= 4 is 18.4 Å². The van der Waals surface area contributed by atoms with Gasteiger partial charge in [-0.3, -0.25) is 14.4 Å². The van der Waals surface area contributed by atoms with E-state index in [4.69, 9.17) is 29.4 Å². The standard InChI is InChI=1S/C21H41NO7.C5H10O2/c1-8-11-25-14-21(22,15-26-12-9-17(23)28-19(2,3)4)16-27-13-10-18(24)29-20(5,6)7;1-5(2,3)7-4-6/h8-16,22H2,1-7H3;4H,1-3H3. The summed E-state index contributed by atoms with van der Waals surface area (Å²) >= 11 is 0. The van der Waals surface area contributed by atoms with Crippen LogP contribution < -0.4 is 5.73 Å². The van der Waals surface area contributed by atoms with Crippen molar-refractivity contribution in [2.75, 3.05) is 39.6 Å². The van der Waals surface area contributed by atoms with Gasteiger partial charge in [-0.15, -0.1) is 0 Å². The second-order valence-electron chi connectivity index (χ2n) is 11.5. The van der Waals surface area contributed by atoms with Gasteiger partial charge in [-0.25, -0.2) is 0 Å². The van der Waals surface area contributed by atoms with Crippen LogP contribution in [-0.2, 0) is 42.8 Å². The monoisotopic (exact) mass is 521 g/mol. The first-order chi connectivity index (χ1) is 16.3. The van der Waals surface area contributed by atoms with Crippen LogP contribution in [0, 0.1) is 0 Å². The van der Waals surface area contributed by atoms with Crippen molar-refractivity contribution in [3.8, 4) is 0 Å². The van der Waals surface area contributed by atoms with Crippen molar-refractivity contribution in [2.45, 2.75) is 111 Å². The predicted octanol–water partition coefficient (Wildman–Crippen LogP) is 3.57. The van der Waals surface area contributed by atoms with Crippen molar-refractivity contribution in [1.29, 1.82) is 0 Å². The fourth-order valence-corrected chi connectivity index (χ4v) is 2.34. The maximum absolute atomic E-state index is 11.7. The Kier molecular flexibility index (Phi) is 17.9. The number of carbonyl (C=O) groups is 3. The third-order valence-corrected chi connectivity index (χ3v) is 3.66. The summed E-state index contributed by atoms with van der Waals surface area (Å²) in [5.41, 5.74) is 4.13. The molecule has 0 fully saturated rings. The van der Waals surface area contributed by atoms with Crippen LogP contribution in [0.1, 0.15) is 88.5 Å². The molecule has 0 aliphatic heterocycles. The number of rotatable bonds is 15. The number of esters is 2. The molecule has 0 bridgehead atoms. The third kappa shape index (κ3) is 26.8. The molecule has 0 aromatic carbocycles. The Labute approximate surface area is 217 Å². The molecule has 0 spiro atoms. The van der Waals surface area contributed by atoms with Crippen molar-refractivity contribution < 1.29 is 42.8 Å². The van der Waals surface area contributed by atoms with Crippen molar-refractivity contribution in [3.63, 3.8) is 0 Å². The zero-order valence-corrected chi connectivity index (χ0v) is 24.2. The van der Waals surface area contributed by atoms with Gasteiger partial charge in [-0.2, -0.15) is 0 Å². The smallest absolute Gasteiger partial charge is 0.308 e. The molecule has 0 atom stereocenters. The second kappa shape index (κ2) is 17.7. The first-order valence-corrected chi connectivity index (χ1v) is 12.4. The van der Waals surface area contributed by atoms with Gasteiger partial charge in [-0.1, -0.05) is 6.92 Å². The Morgan fingerprint density at radius 3 is 1.28 bits per heavy atom. The predicted molar refractivity (Wildman–Crippen MR) is 137 cm³/mol. The van der Waals surface area contributed by atoms with Crippen LogP contribution in [0.5, 0.6) is 0 Å². The van der Waals surface area contributed by atoms with Gasteiger partial charge in [0.2, 0.25) is 0 Å². The molecule has 214 valence electrons. The highest BCUT2D eigenvalue weighted by Gasteiger charge is 2.27. The van der Waals surface area contributed by atoms with Gasteiger partial charge in [0.25, 0.3) is 6.47 Å². The second-order valence-corrected chi connectivity index (χ2v) is 11.5. The minimum absolute atomic E-state index is 0.142. The molecule has 0 aliphatic carbocycles. The molecule has 0 aromatic heterocycles. The van der Waals surface area contributed by atoms with Gasteiger partial charge in [0.1, 0.15) is 16.8 Å². The fraction of sp³-hybridized carbons (Fsp3) is 0.885. The lowest BCUT2D eigenvalue weighted by Gasteiger charge is -2.29. The summed E-state index contributed by atoms with van der Waals surface area (Å²) in [5, 5.41) is 0. The average Bonchev–Trinajstić information content (AvgIpc) is 2.66. The Morgan fingerprint density at radius 1 is 0.667 bits per heavy atom. The molecule has 0 radical (unpaired) electrons. The van der Waals surface area contributed by atoms with Crippen LogP contribution in [0.4, 0.5) is 0 Å². The zero-order chi connectivity index (χ0) is 28.5. The average molecular weight is 522 g/mol. The Balaban J connectivity index is 0. The molecule has 0 rings (SSSR count). The van der Waals surface area contributed by atoms with E-state index in [1.807, 2.05) is 69.2 Å². The van der Waals surface area contributed by atoms with E-state index in [-0.39, 0.29) is 63.4 Å². The van der Waals surface area contributed by atoms with Crippen molar-refractivity contribution in [2.24, 2.45) is 5.73 Å². The Bertz CT molecular complexity index is 580. The molecule has 36 heavy (non-hydrogen) atoms. The van der Waals surface area contributed by atoms with E-state index in [9.17, 15) is 14.4 Å². The SMILES string of the molecule is CC(C)(C)OC=O.CCCOCC(N)(COCCC(=O)OC(C)(C)C)COCCC(=O)OC(C)(C)C. The topological polar surface area (TPSA) is 133 Å². The molecule has 0 aliphatic rings. The van der Waals surface area contributed by atoms with Gasteiger partial charge in [0, 0.05) is 6.61 Å². The summed E-state index contributed by atoms with van der Waals surface area (Å²) in [6.45, 7) is 20.4. The highest BCUT2D eigenvalue weighted by molar-refractivity contribution is 5.70. The molecule has 0 amide bonds. The minimum atomic E-state index is -0.878. The van der Waals surface area contributed by atoms with Gasteiger partial charge < -0.3 is 34.2 Å². The van der Waals surface area contributed by atoms with Crippen LogP contribution in [0.25, 0.3) is 0 Å². The molecule has 10 nitrogen and oxygen atoms in total. The highest BCUT2D eigenvalue weighted by Crippen LogP contribution is 2.11. The lowest BCUT2D eigenvalue weighted by Crippen LogP contribution is -2.53. The maximum Gasteiger partial charge on any atom is 0.308 e. The lowest BCUT2D eigenvalue weighted by atomic mass is 10.1. The lowest BCUT2D eigenvalue weighted by molar-refractivity contribution is -0.157. The van der Waals surface area contributed by atoms with Gasteiger partial charge in [0.15, 0.2) is 0 Å². The van der Waals surface area contributed by atoms with Crippen LogP contribution in [0.2, 0.25) is 0 Å². The number of carbonyl (C=O) groups excluding carboxylic acids is 3. The summed E-state index contributed by atoms with van der Waals surface area (Å²) in [6.07, 6.45) is 1.15. The third-order valence-electron chi connectivity index (χ3n) is 3.66. The Hall–Kier alpha value is -1.75. The zero-order valence-electron chi connectivity index (χ0n) is 24.2. The van der Waals surface area contributed by atoms with Crippen LogP contribution in [0.15, 0.2) is 0 Å². The van der Waals surface area contributed by atoms with Gasteiger partial charge in [0.05, 0.1) is 51.4 Å². The maximum atomic E-state index is 11.7. The number of nitrogens with two attached hydrogens (primary N) is 1. The van der Waals surface area contributed by atoms with Crippen LogP contribution in [0.3, 0.4) is 0 Å². The molecular weight excluding hydrogens is 470 g/mol. The highest BCUT2D eigenvalue weighted by atomic mass is 16.6. The largest absolute Gasteiger partial charge is 0.462 e. The van der Waals surface area contributed by atoms with E-state index >= 15 is 0 Å². The molecule has 0 unspecified atom stereocenters. The van der Waals surface area contributed by atoms with Crippen molar-refractivity contribution in [3.05, 3.63) is 0 Å². The Morgan fingerprint density at radius 2 is 1.03 bits per heavy atom. The number of hydrogen-bond donors (Lipinski definition) is 1. The quantitative estimate of drug-likeness (QED) is 0.148. The molecular formula is C26H51NO9. The van der Waals surface area contributed by atoms with E-state index < -0.39 is 16.7 Å². The summed E-state index contributed by atoms with van der Waals surface area (Å²) in [7, 11) is 0. The number of hydrogen-bond acceptors (Lipinski definition) is 10. The summed E-state index contributed by atoms with van der Waals surface area (Å²) in [6, 6.07) is 0. The van der Waals surface area contributed by atoms with Crippen LogP contribution >= 0.6 is 0 Å². The summed E-state index contributed by atoms with van der Waals surface area (Å²) in [4.78, 5) is 33.1. The number of ether oxygens (including phenoxy) is 6. The van der Waals surface area contributed by atoms with Gasteiger partial charge in [-0.05, 0) is 68.7 Å². The molecule has 2 N–H and O–H groups in total. The van der Waals surface area contributed by atoms with E-state index in [2.05, 4.69) is 4.74 Å². The van der Waals surface area contributed by atoms with Crippen molar-refractivity contribution in [1.82, 2.24) is 0 Å². The summed E-state index contributed by atoms with van der Waals surface area (Å²) in [5.74, 6) is -0.646. The molecule has 0 saturated heterocycles. The van der Waals surface area contributed by atoms with E-state index in [1.54, 1.807) is 0 Å². The summed E-state index contributed by atoms with van der Waals surface area (Å²) < 4.78 is 31.8. The van der Waals surface area contributed by atoms with E-state index in [0.717, 1.165) is 6.42 Å².